The SMILES string of the molecule is O=C(Cl)CCC1=CCOC1=O. The van der Waals surface area contributed by atoms with E-state index in [9.17, 15) is 9.59 Å². The van der Waals surface area contributed by atoms with Crippen LogP contribution in [0.1, 0.15) is 12.8 Å². The highest BCUT2D eigenvalue weighted by molar-refractivity contribution is 6.63. The van der Waals surface area contributed by atoms with E-state index in [2.05, 4.69) is 4.74 Å². The molecule has 0 aromatic rings. The Morgan fingerprint density at radius 1 is 1.73 bits per heavy atom. The molecule has 0 bridgehead atoms. The Balaban J connectivity index is 2.37. The summed E-state index contributed by atoms with van der Waals surface area (Å²) in [5.74, 6) is -0.331. The molecule has 4 heteroatoms. The Bertz CT molecular complexity index is 220. The lowest BCUT2D eigenvalue weighted by Crippen LogP contribution is -2.00. The van der Waals surface area contributed by atoms with Gasteiger partial charge in [0.05, 0.1) is 0 Å². The molecule has 0 unspecified atom stereocenters. The van der Waals surface area contributed by atoms with Crippen molar-refractivity contribution in [1.82, 2.24) is 0 Å². The maximum atomic E-state index is 10.7. The molecule has 3 nitrogen and oxygen atoms in total. The first-order chi connectivity index (χ1) is 5.20. The van der Waals surface area contributed by atoms with Crippen LogP contribution in [0.2, 0.25) is 0 Å². The summed E-state index contributed by atoms with van der Waals surface area (Å²) in [4.78, 5) is 21.0. The van der Waals surface area contributed by atoms with Gasteiger partial charge in [0.25, 0.3) is 0 Å². The van der Waals surface area contributed by atoms with E-state index in [1.807, 2.05) is 0 Å². The fourth-order valence-electron chi connectivity index (χ4n) is 0.831. The fraction of sp³-hybridized carbons (Fsp3) is 0.429. The highest BCUT2D eigenvalue weighted by Crippen LogP contribution is 2.13. The summed E-state index contributed by atoms with van der Waals surface area (Å²) in [6, 6.07) is 0. The summed E-state index contributed by atoms with van der Waals surface area (Å²) in [5.41, 5.74) is 0.555. The Hall–Kier alpha value is -0.830. The van der Waals surface area contributed by atoms with Crippen LogP contribution < -0.4 is 0 Å². The largest absolute Gasteiger partial charge is 0.458 e. The number of ether oxygens (including phenoxy) is 1. The third-order valence-corrected chi connectivity index (χ3v) is 1.59. The average Bonchev–Trinajstić information content (AvgIpc) is 2.31. The summed E-state index contributed by atoms with van der Waals surface area (Å²) in [5, 5.41) is -0.425. The van der Waals surface area contributed by atoms with E-state index in [-0.39, 0.29) is 12.4 Å². The van der Waals surface area contributed by atoms with E-state index in [4.69, 9.17) is 11.6 Å². The first-order valence-electron chi connectivity index (χ1n) is 3.24. The van der Waals surface area contributed by atoms with E-state index in [0.29, 0.717) is 18.6 Å². The molecule has 0 spiro atoms. The number of carbonyl (C=O) groups is 2. The molecule has 60 valence electrons. The van der Waals surface area contributed by atoms with Gasteiger partial charge in [0.15, 0.2) is 0 Å². The second-order valence-corrected chi connectivity index (χ2v) is 2.60. The molecule has 0 amide bonds. The molecular weight excluding hydrogens is 168 g/mol. The second-order valence-electron chi connectivity index (χ2n) is 2.18. The quantitative estimate of drug-likeness (QED) is 0.474. The van der Waals surface area contributed by atoms with Gasteiger partial charge in [-0.25, -0.2) is 4.79 Å². The topological polar surface area (TPSA) is 43.4 Å². The molecule has 0 fully saturated rings. The maximum Gasteiger partial charge on any atom is 0.334 e. The average molecular weight is 175 g/mol. The van der Waals surface area contributed by atoms with Gasteiger partial charge in [0.1, 0.15) is 6.61 Å². The molecule has 0 saturated carbocycles. The molecule has 0 aromatic carbocycles. The van der Waals surface area contributed by atoms with Crippen molar-refractivity contribution >= 4 is 22.8 Å². The van der Waals surface area contributed by atoms with Gasteiger partial charge in [-0.1, -0.05) is 0 Å². The van der Waals surface area contributed by atoms with Crippen LogP contribution in [0.3, 0.4) is 0 Å². The van der Waals surface area contributed by atoms with Gasteiger partial charge >= 0.3 is 5.97 Å². The Morgan fingerprint density at radius 2 is 2.45 bits per heavy atom. The Labute approximate surface area is 69.0 Å². The lowest BCUT2D eigenvalue weighted by Gasteiger charge is -1.94. The van der Waals surface area contributed by atoms with Crippen LogP contribution in [0.4, 0.5) is 0 Å². The van der Waals surface area contributed by atoms with Crippen molar-refractivity contribution in [3.63, 3.8) is 0 Å². The van der Waals surface area contributed by atoms with Crippen LogP contribution in [0.5, 0.6) is 0 Å². The molecule has 1 aliphatic heterocycles. The molecule has 1 rings (SSSR count). The zero-order chi connectivity index (χ0) is 8.27. The highest BCUT2D eigenvalue weighted by atomic mass is 35.5. The predicted molar refractivity (Wildman–Crippen MR) is 39.1 cm³/mol. The van der Waals surface area contributed by atoms with Crippen molar-refractivity contribution in [2.45, 2.75) is 12.8 Å². The van der Waals surface area contributed by atoms with Crippen LogP contribution in [0.25, 0.3) is 0 Å². The van der Waals surface area contributed by atoms with Crippen molar-refractivity contribution in [2.75, 3.05) is 6.61 Å². The monoisotopic (exact) mass is 174 g/mol. The van der Waals surface area contributed by atoms with E-state index in [0.717, 1.165) is 0 Å². The summed E-state index contributed by atoms with van der Waals surface area (Å²) in [6.45, 7) is 0.324. The molecule has 0 radical (unpaired) electrons. The number of cyclic esters (lactones) is 1. The van der Waals surface area contributed by atoms with Gasteiger partial charge in [0.2, 0.25) is 5.24 Å². The third-order valence-electron chi connectivity index (χ3n) is 1.40. The van der Waals surface area contributed by atoms with E-state index in [1.54, 1.807) is 6.08 Å². The smallest absolute Gasteiger partial charge is 0.334 e. The Morgan fingerprint density at radius 3 is 2.91 bits per heavy atom. The van der Waals surface area contributed by atoms with Crippen molar-refractivity contribution in [1.29, 1.82) is 0 Å². The standard InChI is InChI=1S/C7H7ClO3/c8-6(9)2-1-5-3-4-11-7(5)10/h3H,1-2,4H2. The molecule has 1 aliphatic rings. The minimum atomic E-state index is -0.425. The molecule has 0 aromatic heterocycles. The summed E-state index contributed by atoms with van der Waals surface area (Å²) < 4.78 is 4.61. The zero-order valence-electron chi connectivity index (χ0n) is 5.80. The summed E-state index contributed by atoms with van der Waals surface area (Å²) in [7, 11) is 0. The second kappa shape index (κ2) is 3.53. The van der Waals surface area contributed by atoms with E-state index in [1.165, 1.54) is 0 Å². The molecular formula is C7H7ClO3. The van der Waals surface area contributed by atoms with Crippen molar-refractivity contribution in [2.24, 2.45) is 0 Å². The first-order valence-corrected chi connectivity index (χ1v) is 3.62. The van der Waals surface area contributed by atoms with Crippen molar-refractivity contribution < 1.29 is 14.3 Å². The van der Waals surface area contributed by atoms with Gasteiger partial charge < -0.3 is 4.74 Å². The van der Waals surface area contributed by atoms with Gasteiger partial charge in [-0.15, -0.1) is 0 Å². The number of esters is 1. The van der Waals surface area contributed by atoms with Gasteiger partial charge in [-0.05, 0) is 24.1 Å². The number of halogens is 1. The van der Waals surface area contributed by atoms with Crippen LogP contribution in [-0.2, 0) is 14.3 Å². The fourth-order valence-corrected chi connectivity index (χ4v) is 0.926. The minimum Gasteiger partial charge on any atom is -0.458 e. The Kier molecular flexibility index (Phi) is 2.65. The molecule has 11 heavy (non-hydrogen) atoms. The number of hydrogen-bond donors (Lipinski definition) is 0. The predicted octanol–water partition coefficient (Wildman–Crippen LogP) is 1.02. The lowest BCUT2D eigenvalue weighted by molar-refractivity contribution is -0.136. The molecule has 0 atom stereocenters. The number of carbonyl (C=O) groups excluding carboxylic acids is 2. The number of rotatable bonds is 3. The van der Waals surface area contributed by atoms with Gasteiger partial charge in [0, 0.05) is 12.0 Å². The summed E-state index contributed by atoms with van der Waals surface area (Å²) >= 11 is 5.09. The number of hydrogen-bond acceptors (Lipinski definition) is 3. The van der Waals surface area contributed by atoms with Crippen LogP contribution in [0, 0.1) is 0 Å². The zero-order valence-corrected chi connectivity index (χ0v) is 6.56. The van der Waals surface area contributed by atoms with E-state index >= 15 is 0 Å². The van der Waals surface area contributed by atoms with Crippen molar-refractivity contribution in [3.8, 4) is 0 Å². The minimum absolute atomic E-state index is 0.197. The van der Waals surface area contributed by atoms with Crippen LogP contribution >= 0.6 is 11.6 Å². The molecule has 0 N–H and O–H groups in total. The first kappa shape index (κ1) is 8.27. The van der Waals surface area contributed by atoms with E-state index < -0.39 is 5.24 Å². The van der Waals surface area contributed by atoms with Crippen molar-refractivity contribution in [3.05, 3.63) is 11.6 Å². The highest BCUT2D eigenvalue weighted by Gasteiger charge is 2.16. The summed E-state index contributed by atoms with van der Waals surface area (Å²) in [6.07, 6.45) is 2.26. The normalized spacial score (nSPS) is 16.1. The molecule has 0 saturated heterocycles. The maximum absolute atomic E-state index is 10.7. The molecule has 0 aliphatic carbocycles. The van der Waals surface area contributed by atoms with Gasteiger partial charge in [-0.2, -0.15) is 0 Å². The lowest BCUT2D eigenvalue weighted by atomic mass is 10.1. The third kappa shape index (κ3) is 2.35. The van der Waals surface area contributed by atoms with Gasteiger partial charge in [-0.3, -0.25) is 4.79 Å². The van der Waals surface area contributed by atoms with Crippen LogP contribution in [-0.4, -0.2) is 17.8 Å². The van der Waals surface area contributed by atoms with Crippen LogP contribution in [0.15, 0.2) is 11.6 Å². The molecule has 1 heterocycles.